The molecular weight excluding hydrogens is 200 g/mol. The van der Waals surface area contributed by atoms with Crippen molar-refractivity contribution in [2.45, 2.75) is 38.0 Å². The SMILES string of the molecule is O=C(O)C1CCCCCC1c1ccccc1. The van der Waals surface area contributed by atoms with Crippen molar-refractivity contribution < 1.29 is 9.90 Å². The number of benzene rings is 1. The van der Waals surface area contributed by atoms with E-state index >= 15 is 0 Å². The Kier molecular flexibility index (Phi) is 3.60. The Bertz CT molecular complexity index is 345. The summed E-state index contributed by atoms with van der Waals surface area (Å²) in [6.45, 7) is 0. The van der Waals surface area contributed by atoms with Crippen molar-refractivity contribution in [1.29, 1.82) is 0 Å². The van der Waals surface area contributed by atoms with Gasteiger partial charge in [0.15, 0.2) is 0 Å². The third-order valence-corrected chi connectivity index (χ3v) is 3.56. The molecule has 1 aromatic carbocycles. The number of rotatable bonds is 2. The molecule has 0 radical (unpaired) electrons. The Hall–Kier alpha value is -1.31. The predicted molar refractivity (Wildman–Crippen MR) is 63.4 cm³/mol. The number of hydrogen-bond donors (Lipinski definition) is 1. The molecule has 1 aromatic rings. The van der Waals surface area contributed by atoms with Gasteiger partial charge in [-0.25, -0.2) is 0 Å². The van der Waals surface area contributed by atoms with E-state index in [4.69, 9.17) is 0 Å². The molecule has 16 heavy (non-hydrogen) atoms. The van der Waals surface area contributed by atoms with Crippen LogP contribution in [0.4, 0.5) is 0 Å². The summed E-state index contributed by atoms with van der Waals surface area (Å²) in [4.78, 5) is 11.3. The molecule has 2 rings (SSSR count). The number of hydrogen-bond acceptors (Lipinski definition) is 1. The summed E-state index contributed by atoms with van der Waals surface area (Å²) in [5.41, 5.74) is 1.19. The molecule has 86 valence electrons. The lowest BCUT2D eigenvalue weighted by molar-refractivity contribution is -0.142. The zero-order valence-electron chi connectivity index (χ0n) is 9.43. The van der Waals surface area contributed by atoms with E-state index in [9.17, 15) is 9.90 Å². The van der Waals surface area contributed by atoms with E-state index in [-0.39, 0.29) is 11.8 Å². The zero-order chi connectivity index (χ0) is 11.4. The largest absolute Gasteiger partial charge is 0.481 e. The van der Waals surface area contributed by atoms with Crippen molar-refractivity contribution in [2.75, 3.05) is 0 Å². The minimum Gasteiger partial charge on any atom is -0.481 e. The fourth-order valence-corrected chi connectivity index (χ4v) is 2.70. The van der Waals surface area contributed by atoms with Crippen LogP contribution in [-0.4, -0.2) is 11.1 Å². The standard InChI is InChI=1S/C14H18O2/c15-14(16)13-10-6-2-5-9-12(13)11-7-3-1-4-8-11/h1,3-4,7-8,12-13H,2,5-6,9-10H2,(H,15,16). The molecule has 0 aromatic heterocycles. The maximum absolute atomic E-state index is 11.3. The smallest absolute Gasteiger partial charge is 0.307 e. The molecule has 2 nitrogen and oxygen atoms in total. The van der Waals surface area contributed by atoms with Gasteiger partial charge in [-0.1, -0.05) is 49.6 Å². The average Bonchev–Trinajstić information content (AvgIpc) is 2.55. The molecule has 0 heterocycles. The summed E-state index contributed by atoms with van der Waals surface area (Å²) in [6, 6.07) is 10.1. The molecule has 0 amide bonds. The molecule has 0 saturated heterocycles. The van der Waals surface area contributed by atoms with Gasteiger partial charge in [0.05, 0.1) is 5.92 Å². The Morgan fingerprint density at radius 2 is 1.75 bits per heavy atom. The highest BCUT2D eigenvalue weighted by Crippen LogP contribution is 2.36. The Labute approximate surface area is 96.3 Å². The van der Waals surface area contributed by atoms with Gasteiger partial charge in [0.2, 0.25) is 0 Å². The normalized spacial score (nSPS) is 26.0. The summed E-state index contributed by atoms with van der Waals surface area (Å²) in [5, 5.41) is 9.29. The number of carboxylic acids is 1. The number of carbonyl (C=O) groups is 1. The summed E-state index contributed by atoms with van der Waals surface area (Å²) in [7, 11) is 0. The second kappa shape index (κ2) is 5.15. The van der Waals surface area contributed by atoms with Crippen LogP contribution in [0.15, 0.2) is 30.3 Å². The van der Waals surface area contributed by atoms with Crippen LogP contribution in [0.3, 0.4) is 0 Å². The maximum Gasteiger partial charge on any atom is 0.307 e. The highest BCUT2D eigenvalue weighted by atomic mass is 16.4. The van der Waals surface area contributed by atoms with E-state index in [1.165, 1.54) is 12.0 Å². The molecule has 2 unspecified atom stereocenters. The minimum absolute atomic E-state index is 0.190. The van der Waals surface area contributed by atoms with E-state index in [1.807, 2.05) is 18.2 Å². The second-order valence-electron chi connectivity index (χ2n) is 4.60. The van der Waals surface area contributed by atoms with Gasteiger partial charge in [-0.15, -0.1) is 0 Å². The quantitative estimate of drug-likeness (QED) is 0.772. The van der Waals surface area contributed by atoms with E-state index in [2.05, 4.69) is 12.1 Å². The lowest BCUT2D eigenvalue weighted by Crippen LogP contribution is -2.21. The van der Waals surface area contributed by atoms with E-state index < -0.39 is 5.97 Å². The van der Waals surface area contributed by atoms with Gasteiger partial charge in [0.25, 0.3) is 0 Å². The third-order valence-electron chi connectivity index (χ3n) is 3.56. The van der Waals surface area contributed by atoms with Crippen molar-refractivity contribution in [2.24, 2.45) is 5.92 Å². The van der Waals surface area contributed by atoms with Crippen LogP contribution in [0.25, 0.3) is 0 Å². The molecule has 1 aliphatic carbocycles. The molecule has 1 saturated carbocycles. The van der Waals surface area contributed by atoms with Crippen LogP contribution < -0.4 is 0 Å². The first kappa shape index (κ1) is 11.2. The van der Waals surface area contributed by atoms with Gasteiger partial charge in [-0.05, 0) is 24.3 Å². The predicted octanol–water partition coefficient (Wildman–Crippen LogP) is 3.44. The highest BCUT2D eigenvalue weighted by Gasteiger charge is 2.30. The Morgan fingerprint density at radius 3 is 2.44 bits per heavy atom. The van der Waals surface area contributed by atoms with Crippen LogP contribution >= 0.6 is 0 Å². The van der Waals surface area contributed by atoms with Gasteiger partial charge >= 0.3 is 5.97 Å². The zero-order valence-corrected chi connectivity index (χ0v) is 9.43. The molecule has 2 atom stereocenters. The molecule has 1 N–H and O–H groups in total. The van der Waals surface area contributed by atoms with Crippen LogP contribution in [0, 0.1) is 5.92 Å². The second-order valence-corrected chi connectivity index (χ2v) is 4.60. The van der Waals surface area contributed by atoms with E-state index in [0.717, 1.165) is 25.7 Å². The molecule has 1 aliphatic rings. The topological polar surface area (TPSA) is 37.3 Å². The van der Waals surface area contributed by atoms with Crippen LogP contribution in [0.2, 0.25) is 0 Å². The molecule has 0 aliphatic heterocycles. The van der Waals surface area contributed by atoms with Gasteiger partial charge in [-0.3, -0.25) is 4.79 Å². The minimum atomic E-state index is -0.629. The van der Waals surface area contributed by atoms with Crippen molar-refractivity contribution in [1.82, 2.24) is 0 Å². The number of carboxylic acid groups (broad SMARTS) is 1. The number of aliphatic carboxylic acids is 1. The fourth-order valence-electron chi connectivity index (χ4n) is 2.70. The Balaban J connectivity index is 2.24. The molecular formula is C14H18O2. The van der Waals surface area contributed by atoms with Gasteiger partial charge < -0.3 is 5.11 Å². The lowest BCUT2D eigenvalue weighted by Gasteiger charge is -2.21. The fraction of sp³-hybridized carbons (Fsp3) is 0.500. The first-order valence-corrected chi connectivity index (χ1v) is 6.07. The van der Waals surface area contributed by atoms with Crippen molar-refractivity contribution in [3.05, 3.63) is 35.9 Å². The summed E-state index contributed by atoms with van der Waals surface area (Å²) < 4.78 is 0. The third kappa shape index (κ3) is 2.43. The van der Waals surface area contributed by atoms with Crippen LogP contribution in [0.1, 0.15) is 43.6 Å². The van der Waals surface area contributed by atoms with Crippen molar-refractivity contribution in [3.63, 3.8) is 0 Å². The van der Waals surface area contributed by atoms with Crippen LogP contribution in [0.5, 0.6) is 0 Å². The molecule has 0 bridgehead atoms. The highest BCUT2D eigenvalue weighted by molar-refractivity contribution is 5.71. The van der Waals surface area contributed by atoms with Gasteiger partial charge in [0, 0.05) is 0 Å². The lowest BCUT2D eigenvalue weighted by atomic mass is 9.82. The maximum atomic E-state index is 11.3. The molecule has 1 fully saturated rings. The first-order valence-electron chi connectivity index (χ1n) is 6.07. The van der Waals surface area contributed by atoms with Gasteiger partial charge in [0.1, 0.15) is 0 Å². The first-order chi connectivity index (χ1) is 7.79. The van der Waals surface area contributed by atoms with Crippen molar-refractivity contribution in [3.8, 4) is 0 Å². The summed E-state index contributed by atoms with van der Waals surface area (Å²) >= 11 is 0. The average molecular weight is 218 g/mol. The van der Waals surface area contributed by atoms with Gasteiger partial charge in [-0.2, -0.15) is 0 Å². The van der Waals surface area contributed by atoms with E-state index in [1.54, 1.807) is 0 Å². The van der Waals surface area contributed by atoms with E-state index in [0.29, 0.717) is 0 Å². The van der Waals surface area contributed by atoms with Crippen LogP contribution in [-0.2, 0) is 4.79 Å². The summed E-state index contributed by atoms with van der Waals surface area (Å²) in [6.07, 6.45) is 5.23. The van der Waals surface area contributed by atoms with Crippen molar-refractivity contribution >= 4 is 5.97 Å². The molecule has 2 heteroatoms. The Morgan fingerprint density at radius 1 is 1.06 bits per heavy atom. The molecule has 0 spiro atoms. The monoisotopic (exact) mass is 218 g/mol. The summed E-state index contributed by atoms with van der Waals surface area (Å²) in [5.74, 6) is -0.609.